The zero-order chi connectivity index (χ0) is 18.0. The highest BCUT2D eigenvalue weighted by atomic mass is 16.6. The molecule has 0 N–H and O–H groups in total. The Labute approximate surface area is 150 Å². The molecule has 1 amide bonds. The first-order chi connectivity index (χ1) is 11.9. The lowest BCUT2D eigenvalue weighted by atomic mass is 9.86. The maximum atomic E-state index is 12.2. The number of rotatable bonds is 1. The molecule has 5 nitrogen and oxygen atoms in total. The minimum atomic E-state index is -0.441. The lowest BCUT2D eigenvalue weighted by molar-refractivity contribution is 0.00958. The monoisotopic (exact) mass is 341 g/mol. The number of amides is 1. The molecular weight excluding hydrogens is 314 g/mol. The van der Waals surface area contributed by atoms with Crippen LogP contribution < -0.4 is 0 Å². The van der Waals surface area contributed by atoms with E-state index in [1.54, 1.807) is 0 Å². The Balaban J connectivity index is 1.55. The van der Waals surface area contributed by atoms with Crippen molar-refractivity contribution in [3.8, 4) is 6.07 Å². The number of nitriles is 1. The fourth-order valence-electron chi connectivity index (χ4n) is 3.71. The first-order valence-corrected chi connectivity index (χ1v) is 9.09. The van der Waals surface area contributed by atoms with Crippen molar-refractivity contribution >= 4 is 6.09 Å². The van der Waals surface area contributed by atoms with Gasteiger partial charge in [-0.1, -0.05) is 6.07 Å². The summed E-state index contributed by atoms with van der Waals surface area (Å²) in [6.45, 7) is 8.96. The first kappa shape index (κ1) is 17.8. The van der Waals surface area contributed by atoms with E-state index in [4.69, 9.17) is 10.00 Å². The van der Waals surface area contributed by atoms with Crippen LogP contribution in [0.5, 0.6) is 0 Å². The number of piperazine rings is 1. The third-order valence-electron chi connectivity index (χ3n) is 5.02. The van der Waals surface area contributed by atoms with Gasteiger partial charge in [0.1, 0.15) is 5.60 Å². The fourth-order valence-corrected chi connectivity index (χ4v) is 3.71. The van der Waals surface area contributed by atoms with Crippen molar-refractivity contribution in [2.24, 2.45) is 0 Å². The largest absolute Gasteiger partial charge is 0.444 e. The van der Waals surface area contributed by atoms with Gasteiger partial charge in [0.2, 0.25) is 0 Å². The van der Waals surface area contributed by atoms with Crippen LogP contribution in [0.15, 0.2) is 18.2 Å². The second-order valence-electron chi connectivity index (χ2n) is 8.00. The summed E-state index contributed by atoms with van der Waals surface area (Å²) >= 11 is 0. The summed E-state index contributed by atoms with van der Waals surface area (Å²) in [4.78, 5) is 16.5. The summed E-state index contributed by atoms with van der Waals surface area (Å²) in [7, 11) is 0. The third-order valence-corrected chi connectivity index (χ3v) is 5.02. The van der Waals surface area contributed by atoms with Crippen LogP contribution >= 0.6 is 0 Å². The maximum absolute atomic E-state index is 12.2. The number of benzene rings is 1. The van der Waals surface area contributed by atoms with Crippen molar-refractivity contribution in [2.75, 3.05) is 26.2 Å². The van der Waals surface area contributed by atoms with Crippen LogP contribution in [-0.4, -0.2) is 53.7 Å². The van der Waals surface area contributed by atoms with Gasteiger partial charge in [-0.25, -0.2) is 4.79 Å². The van der Waals surface area contributed by atoms with Crippen LogP contribution in [0.4, 0.5) is 4.79 Å². The van der Waals surface area contributed by atoms with Gasteiger partial charge in [-0.15, -0.1) is 0 Å². The molecule has 1 heterocycles. The van der Waals surface area contributed by atoms with Crippen molar-refractivity contribution in [3.63, 3.8) is 0 Å². The smallest absolute Gasteiger partial charge is 0.410 e. The highest BCUT2D eigenvalue weighted by Gasteiger charge is 2.30. The topological polar surface area (TPSA) is 56.6 Å². The number of carbonyl (C=O) groups excluding carboxylic acids is 1. The summed E-state index contributed by atoms with van der Waals surface area (Å²) in [6, 6.07) is 8.81. The van der Waals surface area contributed by atoms with Crippen LogP contribution in [-0.2, 0) is 17.6 Å². The molecule has 5 heteroatoms. The quantitative estimate of drug-likeness (QED) is 0.788. The van der Waals surface area contributed by atoms with Crippen LogP contribution in [0.2, 0.25) is 0 Å². The van der Waals surface area contributed by atoms with E-state index in [-0.39, 0.29) is 6.09 Å². The summed E-state index contributed by atoms with van der Waals surface area (Å²) < 4.78 is 5.47. The molecule has 1 saturated heterocycles. The van der Waals surface area contributed by atoms with Crippen LogP contribution in [0.1, 0.15) is 43.9 Å². The molecule has 2 aliphatic rings. The average Bonchev–Trinajstić information content (AvgIpc) is 2.59. The Hall–Kier alpha value is -2.06. The normalized spacial score (nSPS) is 21.4. The molecule has 0 spiro atoms. The van der Waals surface area contributed by atoms with Gasteiger partial charge < -0.3 is 9.64 Å². The maximum Gasteiger partial charge on any atom is 0.410 e. The van der Waals surface area contributed by atoms with E-state index in [1.807, 2.05) is 37.8 Å². The third kappa shape index (κ3) is 4.32. The van der Waals surface area contributed by atoms with Crippen LogP contribution in [0, 0.1) is 11.3 Å². The lowest BCUT2D eigenvalue weighted by Gasteiger charge is -2.41. The second-order valence-corrected chi connectivity index (χ2v) is 8.00. The molecule has 25 heavy (non-hydrogen) atoms. The molecule has 134 valence electrons. The average molecular weight is 341 g/mol. The second kappa shape index (κ2) is 7.05. The zero-order valence-corrected chi connectivity index (χ0v) is 15.4. The number of hydrogen-bond donors (Lipinski definition) is 0. The minimum absolute atomic E-state index is 0.204. The highest BCUT2D eigenvalue weighted by Crippen LogP contribution is 2.26. The number of aryl methyl sites for hydroxylation is 1. The Morgan fingerprint density at radius 1 is 1.20 bits per heavy atom. The molecule has 1 fully saturated rings. The van der Waals surface area contributed by atoms with Gasteiger partial charge in [0, 0.05) is 32.2 Å². The SMILES string of the molecule is CC(C)(C)OC(=O)N1CCN([C@H]2CCc3cc(C#N)ccc3C2)CC1. The summed E-state index contributed by atoms with van der Waals surface area (Å²) in [5, 5.41) is 9.03. The number of carbonyl (C=O) groups is 1. The Morgan fingerprint density at radius 2 is 1.92 bits per heavy atom. The van der Waals surface area contributed by atoms with E-state index in [9.17, 15) is 4.79 Å². The predicted octanol–water partition coefficient (Wildman–Crippen LogP) is 2.97. The molecule has 1 atom stereocenters. The number of fused-ring (bicyclic) bond motifs is 1. The number of nitrogens with zero attached hydrogens (tertiary/aromatic N) is 3. The van der Waals surface area contributed by atoms with E-state index < -0.39 is 5.60 Å². The molecule has 0 radical (unpaired) electrons. The van der Waals surface area contributed by atoms with Gasteiger partial charge in [-0.05, 0) is 63.3 Å². The summed E-state index contributed by atoms with van der Waals surface area (Å²) in [6.07, 6.45) is 2.98. The van der Waals surface area contributed by atoms with Gasteiger partial charge in [0.15, 0.2) is 0 Å². The van der Waals surface area contributed by atoms with Crippen molar-refractivity contribution in [2.45, 2.75) is 51.7 Å². The predicted molar refractivity (Wildman–Crippen MR) is 96.4 cm³/mol. The lowest BCUT2D eigenvalue weighted by Crippen LogP contribution is -2.53. The standard InChI is InChI=1S/C20H27N3O2/c1-20(2,3)25-19(24)23-10-8-22(9-11-23)18-7-6-16-12-15(14-21)4-5-17(16)13-18/h4-5,12,18H,6-11,13H2,1-3H3/t18-/m0/s1. The molecule has 1 aromatic rings. The molecule has 0 unspecified atom stereocenters. The van der Waals surface area contributed by atoms with Crippen LogP contribution in [0.3, 0.4) is 0 Å². The van der Waals surface area contributed by atoms with Crippen LogP contribution in [0.25, 0.3) is 0 Å². The van der Waals surface area contributed by atoms with Crippen molar-refractivity contribution in [1.29, 1.82) is 5.26 Å². The van der Waals surface area contributed by atoms with Gasteiger partial charge in [-0.2, -0.15) is 5.26 Å². The van der Waals surface area contributed by atoms with Gasteiger partial charge in [0.25, 0.3) is 0 Å². The molecule has 3 rings (SSSR count). The van der Waals surface area contributed by atoms with Gasteiger partial charge >= 0.3 is 6.09 Å². The van der Waals surface area contributed by atoms with E-state index in [0.717, 1.165) is 51.0 Å². The molecule has 0 bridgehead atoms. The molecule has 1 aromatic carbocycles. The summed E-state index contributed by atoms with van der Waals surface area (Å²) in [5.74, 6) is 0. The first-order valence-electron chi connectivity index (χ1n) is 9.09. The minimum Gasteiger partial charge on any atom is -0.444 e. The van der Waals surface area contributed by atoms with Gasteiger partial charge in [-0.3, -0.25) is 4.90 Å². The Kier molecular flexibility index (Phi) is 5.01. The number of ether oxygens (including phenoxy) is 1. The van der Waals surface area contributed by atoms with E-state index in [0.29, 0.717) is 6.04 Å². The molecular formula is C20H27N3O2. The van der Waals surface area contributed by atoms with Crippen molar-refractivity contribution in [1.82, 2.24) is 9.80 Å². The van der Waals surface area contributed by atoms with Crippen molar-refractivity contribution < 1.29 is 9.53 Å². The fraction of sp³-hybridized carbons (Fsp3) is 0.600. The highest BCUT2D eigenvalue weighted by molar-refractivity contribution is 5.68. The summed E-state index contributed by atoms with van der Waals surface area (Å²) in [5.41, 5.74) is 3.00. The molecule has 0 saturated carbocycles. The molecule has 0 aromatic heterocycles. The van der Waals surface area contributed by atoms with E-state index in [2.05, 4.69) is 17.0 Å². The number of hydrogen-bond acceptors (Lipinski definition) is 4. The van der Waals surface area contributed by atoms with E-state index in [1.165, 1.54) is 11.1 Å². The zero-order valence-electron chi connectivity index (χ0n) is 15.4. The molecule has 1 aliphatic heterocycles. The Bertz CT molecular complexity index is 679. The van der Waals surface area contributed by atoms with Gasteiger partial charge in [0.05, 0.1) is 11.6 Å². The van der Waals surface area contributed by atoms with Crippen molar-refractivity contribution in [3.05, 3.63) is 34.9 Å². The Morgan fingerprint density at radius 3 is 2.56 bits per heavy atom. The molecule has 1 aliphatic carbocycles. The van der Waals surface area contributed by atoms with E-state index >= 15 is 0 Å².